The van der Waals surface area contributed by atoms with Gasteiger partial charge in [0.1, 0.15) is 5.60 Å². The summed E-state index contributed by atoms with van der Waals surface area (Å²) in [4.78, 5) is 7.35. The van der Waals surface area contributed by atoms with Crippen LogP contribution in [0.1, 0.15) is 51.5 Å². The lowest BCUT2D eigenvalue weighted by Gasteiger charge is -2.48. The van der Waals surface area contributed by atoms with Crippen molar-refractivity contribution in [1.29, 1.82) is 0 Å². The van der Waals surface area contributed by atoms with Crippen molar-refractivity contribution in [3.8, 4) is 0 Å². The number of morpholine rings is 1. The molecule has 1 unspecified atom stereocenters. The van der Waals surface area contributed by atoms with Crippen LogP contribution >= 0.6 is 0 Å². The van der Waals surface area contributed by atoms with Crippen molar-refractivity contribution in [2.24, 2.45) is 4.99 Å². The number of hydrogen-bond donors (Lipinski definition) is 3. The molecule has 0 spiro atoms. The van der Waals surface area contributed by atoms with Crippen molar-refractivity contribution in [3.63, 3.8) is 0 Å². The number of benzene rings is 1. The Labute approximate surface area is 175 Å². The third-order valence-electron chi connectivity index (χ3n) is 6.34. The van der Waals surface area contributed by atoms with E-state index in [1.165, 1.54) is 32.1 Å². The minimum atomic E-state index is -0.990. The highest BCUT2D eigenvalue weighted by molar-refractivity contribution is 5.79. The highest BCUT2D eigenvalue weighted by atomic mass is 16.5. The predicted molar refractivity (Wildman–Crippen MR) is 118 cm³/mol. The molecule has 0 amide bonds. The smallest absolute Gasteiger partial charge is 0.191 e. The van der Waals surface area contributed by atoms with E-state index in [0.29, 0.717) is 6.54 Å². The molecule has 1 aromatic carbocycles. The van der Waals surface area contributed by atoms with E-state index in [9.17, 15) is 5.11 Å². The number of guanidine groups is 1. The minimum absolute atomic E-state index is 0.181. The average molecular weight is 403 g/mol. The molecule has 1 atom stereocenters. The first-order valence-electron chi connectivity index (χ1n) is 11.2. The van der Waals surface area contributed by atoms with Crippen LogP contribution in [0.4, 0.5) is 0 Å². The zero-order chi connectivity index (χ0) is 20.6. The van der Waals surface area contributed by atoms with Crippen LogP contribution in [0.2, 0.25) is 0 Å². The molecule has 1 saturated heterocycles. The van der Waals surface area contributed by atoms with Gasteiger partial charge in [0, 0.05) is 31.7 Å². The van der Waals surface area contributed by atoms with Crippen molar-refractivity contribution in [2.45, 2.75) is 57.1 Å². The Morgan fingerprint density at radius 2 is 1.83 bits per heavy atom. The molecule has 3 rings (SSSR count). The summed E-state index contributed by atoms with van der Waals surface area (Å²) in [6.07, 6.45) is 6.35. The third kappa shape index (κ3) is 5.93. The molecular weight excluding hydrogens is 364 g/mol. The van der Waals surface area contributed by atoms with Gasteiger partial charge in [-0.3, -0.25) is 4.90 Å². The molecule has 2 aliphatic rings. The maximum Gasteiger partial charge on any atom is 0.191 e. The molecule has 6 nitrogen and oxygen atoms in total. The fourth-order valence-electron chi connectivity index (χ4n) is 4.56. The Hall–Kier alpha value is -1.63. The molecule has 6 heteroatoms. The van der Waals surface area contributed by atoms with Crippen molar-refractivity contribution in [1.82, 2.24) is 15.5 Å². The Morgan fingerprint density at radius 1 is 1.14 bits per heavy atom. The Balaban J connectivity index is 1.67. The molecule has 3 N–H and O–H groups in total. The summed E-state index contributed by atoms with van der Waals surface area (Å²) in [6.45, 7) is 9.57. The number of hydrogen-bond acceptors (Lipinski definition) is 4. The van der Waals surface area contributed by atoms with Gasteiger partial charge in [-0.1, -0.05) is 49.6 Å². The van der Waals surface area contributed by atoms with Crippen LogP contribution in [0.15, 0.2) is 35.3 Å². The Bertz CT molecular complexity index is 636. The second-order valence-electron chi connectivity index (χ2n) is 8.57. The summed E-state index contributed by atoms with van der Waals surface area (Å²) < 4.78 is 5.59. The van der Waals surface area contributed by atoms with Gasteiger partial charge in [-0.2, -0.15) is 0 Å². The molecule has 0 bridgehead atoms. The summed E-state index contributed by atoms with van der Waals surface area (Å²) in [5, 5.41) is 17.8. The molecular formula is C23H38N4O2. The van der Waals surface area contributed by atoms with Crippen LogP contribution < -0.4 is 10.6 Å². The average Bonchev–Trinajstić information content (AvgIpc) is 2.77. The molecule has 1 aliphatic carbocycles. The minimum Gasteiger partial charge on any atom is -0.384 e. The lowest BCUT2D eigenvalue weighted by molar-refractivity contribution is -0.0352. The van der Waals surface area contributed by atoms with Gasteiger partial charge < -0.3 is 20.5 Å². The van der Waals surface area contributed by atoms with Crippen molar-refractivity contribution >= 4 is 5.96 Å². The number of nitrogens with zero attached hydrogens (tertiary/aromatic N) is 2. The van der Waals surface area contributed by atoms with E-state index in [4.69, 9.17) is 9.73 Å². The lowest BCUT2D eigenvalue weighted by atomic mass is 9.80. The number of ether oxygens (including phenoxy) is 1. The van der Waals surface area contributed by atoms with Crippen LogP contribution in [0.25, 0.3) is 0 Å². The number of nitrogens with one attached hydrogen (secondary N) is 2. The van der Waals surface area contributed by atoms with Crippen LogP contribution in [0, 0.1) is 0 Å². The molecule has 1 heterocycles. The Kier molecular flexibility index (Phi) is 7.92. The molecule has 29 heavy (non-hydrogen) atoms. The van der Waals surface area contributed by atoms with Gasteiger partial charge in [0.25, 0.3) is 0 Å². The first kappa shape index (κ1) is 22.1. The van der Waals surface area contributed by atoms with E-state index in [-0.39, 0.29) is 5.54 Å². The predicted octanol–water partition coefficient (Wildman–Crippen LogP) is 2.48. The first-order chi connectivity index (χ1) is 14.1. The molecule has 162 valence electrons. The van der Waals surface area contributed by atoms with Crippen LogP contribution in [-0.4, -0.2) is 67.4 Å². The SMILES string of the molecule is CCNC(=NCC(C)(O)c1ccccc1)NCC1(N2CCOCC2)CCCCC1. The molecule has 2 fully saturated rings. The van der Waals surface area contributed by atoms with Crippen molar-refractivity contribution in [2.75, 3.05) is 45.9 Å². The van der Waals surface area contributed by atoms with E-state index in [1.807, 2.05) is 37.3 Å². The van der Waals surface area contributed by atoms with Gasteiger partial charge in [0.2, 0.25) is 0 Å². The van der Waals surface area contributed by atoms with Crippen LogP contribution in [0.5, 0.6) is 0 Å². The highest BCUT2D eigenvalue weighted by Gasteiger charge is 2.38. The number of aliphatic hydroxyl groups is 1. The van der Waals surface area contributed by atoms with Gasteiger partial charge in [0.15, 0.2) is 5.96 Å². The quantitative estimate of drug-likeness (QED) is 0.483. The molecule has 1 saturated carbocycles. The largest absolute Gasteiger partial charge is 0.384 e. The van der Waals surface area contributed by atoms with Gasteiger partial charge in [0.05, 0.1) is 19.8 Å². The summed E-state index contributed by atoms with van der Waals surface area (Å²) in [5.41, 5.74) is 0.0768. The Morgan fingerprint density at radius 3 is 2.48 bits per heavy atom. The topological polar surface area (TPSA) is 69.1 Å². The summed E-state index contributed by atoms with van der Waals surface area (Å²) in [7, 11) is 0. The zero-order valence-corrected chi connectivity index (χ0v) is 18.1. The van der Waals surface area contributed by atoms with Gasteiger partial charge in [-0.05, 0) is 32.3 Å². The van der Waals surface area contributed by atoms with Crippen molar-refractivity contribution in [3.05, 3.63) is 35.9 Å². The second-order valence-corrected chi connectivity index (χ2v) is 8.57. The number of rotatable bonds is 7. The monoisotopic (exact) mass is 402 g/mol. The van der Waals surface area contributed by atoms with E-state index in [1.54, 1.807) is 0 Å². The fourth-order valence-corrected chi connectivity index (χ4v) is 4.56. The zero-order valence-electron chi connectivity index (χ0n) is 18.1. The third-order valence-corrected chi connectivity index (χ3v) is 6.34. The molecule has 0 aromatic heterocycles. The standard InChI is InChI=1S/C23H38N4O2/c1-3-24-21(25-18-22(2,28)20-10-6-4-7-11-20)26-19-23(12-8-5-9-13-23)27-14-16-29-17-15-27/h4,6-7,10-11,28H,3,5,8-9,12-19H2,1-2H3,(H2,24,25,26). The molecule has 0 radical (unpaired) electrons. The fraction of sp³-hybridized carbons (Fsp3) is 0.696. The van der Waals surface area contributed by atoms with Gasteiger partial charge in [-0.15, -0.1) is 0 Å². The number of aliphatic imine (C=N–C) groups is 1. The van der Waals surface area contributed by atoms with E-state index in [2.05, 4.69) is 22.5 Å². The highest BCUT2D eigenvalue weighted by Crippen LogP contribution is 2.33. The second kappa shape index (κ2) is 10.4. The lowest BCUT2D eigenvalue weighted by Crippen LogP contribution is -2.60. The van der Waals surface area contributed by atoms with Crippen LogP contribution in [-0.2, 0) is 10.3 Å². The van der Waals surface area contributed by atoms with E-state index >= 15 is 0 Å². The van der Waals surface area contributed by atoms with E-state index in [0.717, 1.165) is 50.9 Å². The maximum absolute atomic E-state index is 10.9. The maximum atomic E-state index is 10.9. The van der Waals surface area contributed by atoms with Gasteiger partial charge in [-0.25, -0.2) is 4.99 Å². The summed E-state index contributed by atoms with van der Waals surface area (Å²) in [5.74, 6) is 0.780. The first-order valence-corrected chi connectivity index (χ1v) is 11.2. The van der Waals surface area contributed by atoms with E-state index < -0.39 is 5.60 Å². The van der Waals surface area contributed by atoms with Crippen molar-refractivity contribution < 1.29 is 9.84 Å². The van der Waals surface area contributed by atoms with Gasteiger partial charge >= 0.3 is 0 Å². The molecule has 1 aliphatic heterocycles. The molecule has 1 aromatic rings. The normalized spacial score (nSPS) is 22.7. The summed E-state index contributed by atoms with van der Waals surface area (Å²) >= 11 is 0. The van der Waals surface area contributed by atoms with Crippen LogP contribution in [0.3, 0.4) is 0 Å². The summed E-state index contributed by atoms with van der Waals surface area (Å²) in [6, 6.07) is 9.76.